The number of hydrogen-bond acceptors (Lipinski definition) is 4. The molecule has 1 aromatic rings. The number of rotatable bonds is 5. The maximum absolute atomic E-state index is 8.96. The summed E-state index contributed by atoms with van der Waals surface area (Å²) < 4.78 is 0. The molecule has 0 aliphatic rings. The summed E-state index contributed by atoms with van der Waals surface area (Å²) in [7, 11) is 0. The molecule has 0 amide bonds. The summed E-state index contributed by atoms with van der Waals surface area (Å²) in [5.41, 5.74) is -0.155. The second-order valence-electron chi connectivity index (χ2n) is 3.75. The third-order valence-corrected chi connectivity index (χ3v) is 2.71. The molecule has 84 valence electrons. The summed E-state index contributed by atoms with van der Waals surface area (Å²) in [6, 6.07) is 3.46. The van der Waals surface area contributed by atoms with Crippen molar-refractivity contribution >= 4 is 17.4 Å². The van der Waals surface area contributed by atoms with E-state index < -0.39 is 0 Å². The van der Waals surface area contributed by atoms with E-state index in [2.05, 4.69) is 22.4 Å². The van der Waals surface area contributed by atoms with Gasteiger partial charge in [0.15, 0.2) is 5.15 Å². The number of hydrogen-bond donors (Lipinski definition) is 2. The zero-order valence-electron chi connectivity index (χ0n) is 9.00. The summed E-state index contributed by atoms with van der Waals surface area (Å²) in [4.78, 5) is 0. The molecule has 4 nitrogen and oxygen atoms in total. The van der Waals surface area contributed by atoms with E-state index in [4.69, 9.17) is 16.7 Å². The largest absolute Gasteiger partial charge is 0.396 e. The van der Waals surface area contributed by atoms with E-state index in [0.717, 1.165) is 6.42 Å². The minimum atomic E-state index is -0.155. The van der Waals surface area contributed by atoms with Crippen LogP contribution in [0.5, 0.6) is 0 Å². The van der Waals surface area contributed by atoms with Gasteiger partial charge in [-0.1, -0.05) is 18.5 Å². The average Bonchev–Trinajstić information content (AvgIpc) is 2.22. The Morgan fingerprint density at radius 1 is 1.47 bits per heavy atom. The van der Waals surface area contributed by atoms with Gasteiger partial charge >= 0.3 is 0 Å². The van der Waals surface area contributed by atoms with Gasteiger partial charge in [0.25, 0.3) is 0 Å². The Hall–Kier alpha value is -0.870. The van der Waals surface area contributed by atoms with Crippen LogP contribution in [0, 0.1) is 0 Å². The van der Waals surface area contributed by atoms with E-state index in [1.54, 1.807) is 12.1 Å². The van der Waals surface area contributed by atoms with Crippen molar-refractivity contribution in [1.82, 2.24) is 10.2 Å². The van der Waals surface area contributed by atoms with Crippen LogP contribution >= 0.6 is 11.6 Å². The Labute approximate surface area is 94.7 Å². The first-order chi connectivity index (χ1) is 7.09. The number of anilines is 1. The lowest BCUT2D eigenvalue weighted by Gasteiger charge is -2.29. The lowest BCUT2D eigenvalue weighted by Crippen LogP contribution is -2.35. The van der Waals surface area contributed by atoms with Crippen LogP contribution in [0.4, 0.5) is 5.82 Å². The smallest absolute Gasteiger partial charge is 0.151 e. The minimum Gasteiger partial charge on any atom is -0.396 e. The fourth-order valence-corrected chi connectivity index (χ4v) is 1.37. The molecule has 0 saturated heterocycles. The molecule has 0 aliphatic heterocycles. The van der Waals surface area contributed by atoms with Crippen molar-refractivity contribution in [3.8, 4) is 0 Å². The minimum absolute atomic E-state index is 0.151. The highest BCUT2D eigenvalue weighted by Gasteiger charge is 2.21. The molecule has 0 aliphatic carbocycles. The first-order valence-corrected chi connectivity index (χ1v) is 5.36. The number of aliphatic hydroxyl groups excluding tert-OH is 1. The van der Waals surface area contributed by atoms with Crippen molar-refractivity contribution < 1.29 is 5.11 Å². The first-order valence-electron chi connectivity index (χ1n) is 4.98. The van der Waals surface area contributed by atoms with E-state index in [1.165, 1.54) is 0 Å². The third kappa shape index (κ3) is 3.64. The van der Waals surface area contributed by atoms with Crippen LogP contribution in [0.3, 0.4) is 0 Å². The molecule has 1 atom stereocenters. The summed E-state index contributed by atoms with van der Waals surface area (Å²) in [5, 5.41) is 20.2. The molecule has 1 heterocycles. The maximum atomic E-state index is 8.96. The zero-order chi connectivity index (χ0) is 11.3. The van der Waals surface area contributed by atoms with Crippen LogP contribution < -0.4 is 5.32 Å². The molecule has 5 heteroatoms. The quantitative estimate of drug-likeness (QED) is 0.812. The van der Waals surface area contributed by atoms with E-state index in [1.807, 2.05) is 6.92 Å². The fraction of sp³-hybridized carbons (Fsp3) is 0.600. The number of aromatic nitrogens is 2. The molecular formula is C10H16ClN3O. The highest BCUT2D eigenvalue weighted by atomic mass is 35.5. The lowest BCUT2D eigenvalue weighted by atomic mass is 9.95. The van der Waals surface area contributed by atoms with E-state index >= 15 is 0 Å². The van der Waals surface area contributed by atoms with Crippen molar-refractivity contribution in [2.45, 2.75) is 32.2 Å². The number of nitrogens with zero attached hydrogens (tertiary/aromatic N) is 2. The highest BCUT2D eigenvalue weighted by molar-refractivity contribution is 6.29. The molecule has 0 radical (unpaired) electrons. The molecule has 0 fully saturated rings. The van der Waals surface area contributed by atoms with Gasteiger partial charge in [-0.3, -0.25) is 0 Å². The van der Waals surface area contributed by atoms with Crippen LogP contribution in [0.2, 0.25) is 5.15 Å². The number of nitrogens with one attached hydrogen (secondary N) is 1. The number of aliphatic hydroxyl groups is 1. The van der Waals surface area contributed by atoms with E-state index in [-0.39, 0.29) is 12.1 Å². The van der Waals surface area contributed by atoms with Gasteiger partial charge in [-0.2, -0.15) is 0 Å². The van der Waals surface area contributed by atoms with E-state index in [9.17, 15) is 0 Å². The van der Waals surface area contributed by atoms with Crippen LogP contribution in [0.15, 0.2) is 12.1 Å². The van der Waals surface area contributed by atoms with Gasteiger partial charge in [-0.15, -0.1) is 10.2 Å². The summed E-state index contributed by atoms with van der Waals surface area (Å²) in [5.74, 6) is 0.678. The van der Waals surface area contributed by atoms with Crippen molar-refractivity contribution in [2.75, 3.05) is 11.9 Å². The standard InChI is InChI=1S/C10H16ClN3O/c1-3-10(2,6-7-15)12-9-5-4-8(11)13-14-9/h4-5,15H,3,6-7H2,1-2H3,(H,12,14). The molecule has 2 N–H and O–H groups in total. The van der Waals surface area contributed by atoms with Crippen LogP contribution in [-0.2, 0) is 0 Å². The van der Waals surface area contributed by atoms with Gasteiger partial charge < -0.3 is 10.4 Å². The van der Waals surface area contributed by atoms with Crippen molar-refractivity contribution in [2.24, 2.45) is 0 Å². The molecule has 15 heavy (non-hydrogen) atoms. The zero-order valence-corrected chi connectivity index (χ0v) is 9.75. The topological polar surface area (TPSA) is 58.0 Å². The van der Waals surface area contributed by atoms with Crippen molar-refractivity contribution in [3.63, 3.8) is 0 Å². The molecule has 0 bridgehead atoms. The molecule has 1 rings (SSSR count). The van der Waals surface area contributed by atoms with Crippen LogP contribution in [0.25, 0.3) is 0 Å². The van der Waals surface area contributed by atoms with Gasteiger partial charge in [-0.25, -0.2) is 0 Å². The Kier molecular flexibility index (Phi) is 4.29. The maximum Gasteiger partial charge on any atom is 0.151 e. The Morgan fingerprint density at radius 3 is 2.67 bits per heavy atom. The first kappa shape index (κ1) is 12.2. The summed E-state index contributed by atoms with van der Waals surface area (Å²) >= 11 is 5.64. The van der Waals surface area contributed by atoms with Gasteiger partial charge in [0.1, 0.15) is 5.82 Å². The van der Waals surface area contributed by atoms with Crippen LogP contribution in [0.1, 0.15) is 26.7 Å². The second-order valence-corrected chi connectivity index (χ2v) is 4.14. The third-order valence-electron chi connectivity index (χ3n) is 2.51. The number of halogens is 1. The molecular weight excluding hydrogens is 214 g/mol. The van der Waals surface area contributed by atoms with Gasteiger partial charge in [0.2, 0.25) is 0 Å². The van der Waals surface area contributed by atoms with Crippen LogP contribution in [-0.4, -0.2) is 27.4 Å². The molecule has 1 aromatic heterocycles. The second kappa shape index (κ2) is 5.28. The Balaban J connectivity index is 2.70. The molecule has 0 aromatic carbocycles. The van der Waals surface area contributed by atoms with E-state index in [0.29, 0.717) is 17.4 Å². The summed E-state index contributed by atoms with van der Waals surface area (Å²) in [6.45, 7) is 4.25. The van der Waals surface area contributed by atoms with Gasteiger partial charge in [0.05, 0.1) is 0 Å². The SMILES string of the molecule is CCC(C)(CCO)Nc1ccc(Cl)nn1. The lowest BCUT2D eigenvalue weighted by molar-refractivity contribution is 0.251. The van der Waals surface area contributed by atoms with Crippen molar-refractivity contribution in [1.29, 1.82) is 0 Å². The summed E-state index contributed by atoms with van der Waals surface area (Å²) in [6.07, 6.45) is 1.58. The monoisotopic (exact) mass is 229 g/mol. The Morgan fingerprint density at radius 2 is 2.20 bits per heavy atom. The fourth-order valence-electron chi connectivity index (χ4n) is 1.27. The van der Waals surface area contributed by atoms with Gasteiger partial charge in [-0.05, 0) is 31.9 Å². The van der Waals surface area contributed by atoms with Crippen molar-refractivity contribution in [3.05, 3.63) is 17.3 Å². The molecule has 1 unspecified atom stereocenters. The normalized spacial score (nSPS) is 14.7. The molecule has 0 spiro atoms. The van der Waals surface area contributed by atoms with Gasteiger partial charge in [0, 0.05) is 12.1 Å². The predicted molar refractivity (Wildman–Crippen MR) is 61.1 cm³/mol. The molecule has 0 saturated carbocycles. The predicted octanol–water partition coefficient (Wildman–Crippen LogP) is 2.09. The Bertz CT molecular complexity index is 304. The highest BCUT2D eigenvalue weighted by Crippen LogP contribution is 2.20. The average molecular weight is 230 g/mol.